The van der Waals surface area contributed by atoms with Crippen LogP contribution in [-0.2, 0) is 79.4 Å². The molecule has 0 saturated carbocycles. The predicted octanol–water partition coefficient (Wildman–Crippen LogP) is 5.01. The van der Waals surface area contributed by atoms with Gasteiger partial charge in [-0.15, -0.1) is 0 Å². The van der Waals surface area contributed by atoms with E-state index in [0.29, 0.717) is 86.3 Å². The molecule has 7 amide bonds. The van der Waals surface area contributed by atoms with Crippen molar-refractivity contribution in [3.05, 3.63) is 129 Å². The van der Waals surface area contributed by atoms with Crippen molar-refractivity contribution in [3.8, 4) is 11.5 Å². The Balaban J connectivity index is 0.734. The summed E-state index contributed by atoms with van der Waals surface area (Å²) in [7, 11) is -3.05. The van der Waals surface area contributed by atoms with Crippen LogP contribution in [0, 0.1) is 5.92 Å². The Morgan fingerprint density at radius 3 is 1.73 bits per heavy atom. The number of ether oxygens (including phenoxy) is 3. The SMILES string of the molecule is CC(C)(Cc1cc(CN2CCS(=O)(=O)CC2)ccc1COc1cccc2c1CN(C1CCC(=O)NC1=O)C2=O)OC(=O)N1CCC(Cc2ccc(COc3cccc4c3CN(C3CCC(=O)NC3=O)C4=O)cc2)CC1. The van der Waals surface area contributed by atoms with Crippen LogP contribution < -0.4 is 20.1 Å². The Bertz CT molecular complexity index is 3050. The number of nitrogens with zero attached hydrogens (tertiary/aromatic N) is 4. The van der Waals surface area contributed by atoms with Crippen LogP contribution in [-0.4, -0.2) is 125 Å². The third-order valence-electron chi connectivity index (χ3n) is 15.4. The van der Waals surface area contributed by atoms with Crippen molar-refractivity contribution < 1.29 is 56.2 Å². The Morgan fingerprint density at radius 1 is 0.640 bits per heavy atom. The van der Waals surface area contributed by atoms with Gasteiger partial charge in [-0.3, -0.25) is 44.3 Å². The van der Waals surface area contributed by atoms with E-state index in [9.17, 15) is 42.0 Å². The van der Waals surface area contributed by atoms with Gasteiger partial charge in [0.05, 0.1) is 24.6 Å². The zero-order valence-corrected chi connectivity index (χ0v) is 43.1. The number of fused-ring (bicyclic) bond motifs is 2. The number of hydrogen-bond donors (Lipinski definition) is 2. The molecule has 6 aliphatic heterocycles. The number of piperidine rings is 3. The number of rotatable bonds is 15. The number of hydrogen-bond acceptors (Lipinski definition) is 13. The average molecular weight is 1040 g/mol. The second kappa shape index (κ2) is 21.2. The summed E-state index contributed by atoms with van der Waals surface area (Å²) < 4.78 is 43.3. The molecule has 4 aromatic rings. The monoisotopic (exact) mass is 1040 g/mol. The van der Waals surface area contributed by atoms with Crippen molar-refractivity contribution in [1.82, 2.24) is 30.2 Å². The van der Waals surface area contributed by atoms with Gasteiger partial charge in [-0.1, -0.05) is 54.6 Å². The smallest absolute Gasteiger partial charge is 0.410 e. The van der Waals surface area contributed by atoms with Crippen LogP contribution in [0.3, 0.4) is 0 Å². The van der Waals surface area contributed by atoms with Gasteiger partial charge in [0.1, 0.15) is 42.4 Å². The van der Waals surface area contributed by atoms with Gasteiger partial charge >= 0.3 is 6.09 Å². The molecular weight excluding hydrogens is 981 g/mol. The number of nitrogens with one attached hydrogen (secondary N) is 2. The summed E-state index contributed by atoms with van der Waals surface area (Å²) in [6, 6.07) is 23.5. The Hall–Kier alpha value is -7.12. The highest BCUT2D eigenvalue weighted by atomic mass is 32.2. The second-order valence-electron chi connectivity index (χ2n) is 21.2. The fourth-order valence-electron chi connectivity index (χ4n) is 11.2. The molecule has 2 N–H and O–H groups in total. The number of likely N-dealkylation sites (tertiary alicyclic amines) is 1. The van der Waals surface area contributed by atoms with Crippen LogP contribution in [0.5, 0.6) is 11.5 Å². The molecule has 19 heteroatoms. The van der Waals surface area contributed by atoms with Crippen molar-refractivity contribution in [3.63, 3.8) is 0 Å². The van der Waals surface area contributed by atoms with Crippen LogP contribution in [0.25, 0.3) is 0 Å². The fraction of sp³-hybridized carbons (Fsp3) is 0.446. The zero-order chi connectivity index (χ0) is 52.6. The lowest BCUT2D eigenvalue weighted by molar-refractivity contribution is -0.138. The van der Waals surface area contributed by atoms with Crippen LogP contribution in [0.4, 0.5) is 4.79 Å². The highest BCUT2D eigenvalue weighted by molar-refractivity contribution is 7.91. The lowest BCUT2D eigenvalue weighted by atomic mass is 9.90. The van der Waals surface area contributed by atoms with Gasteiger partial charge in [0.25, 0.3) is 11.8 Å². The van der Waals surface area contributed by atoms with Crippen molar-refractivity contribution in [2.75, 3.05) is 37.7 Å². The first kappa shape index (κ1) is 51.4. The summed E-state index contributed by atoms with van der Waals surface area (Å²) in [6.07, 6.45) is 3.35. The normalized spacial score (nSPS) is 21.2. The molecule has 0 aromatic heterocycles. The first-order valence-electron chi connectivity index (χ1n) is 25.8. The van der Waals surface area contributed by atoms with Crippen molar-refractivity contribution in [2.45, 2.75) is 116 Å². The zero-order valence-electron chi connectivity index (χ0n) is 42.3. The summed E-state index contributed by atoms with van der Waals surface area (Å²) >= 11 is 0. The van der Waals surface area contributed by atoms with Gasteiger partial charge in [-0.2, -0.15) is 0 Å². The molecule has 0 bridgehead atoms. The molecule has 18 nitrogen and oxygen atoms in total. The minimum Gasteiger partial charge on any atom is -0.489 e. The third kappa shape index (κ3) is 11.6. The molecule has 4 saturated heterocycles. The van der Waals surface area contributed by atoms with Gasteiger partial charge in [0.2, 0.25) is 23.6 Å². The predicted molar refractivity (Wildman–Crippen MR) is 273 cm³/mol. The van der Waals surface area contributed by atoms with Gasteiger partial charge < -0.3 is 28.9 Å². The van der Waals surface area contributed by atoms with Gasteiger partial charge in [-0.25, -0.2) is 13.2 Å². The molecule has 4 aromatic carbocycles. The maximum absolute atomic E-state index is 13.8. The van der Waals surface area contributed by atoms with Crippen molar-refractivity contribution in [1.29, 1.82) is 0 Å². The van der Waals surface area contributed by atoms with E-state index in [2.05, 4.69) is 33.7 Å². The number of benzene rings is 4. The molecule has 0 aliphatic carbocycles. The van der Waals surface area contributed by atoms with Crippen molar-refractivity contribution >= 4 is 51.4 Å². The first-order valence-corrected chi connectivity index (χ1v) is 27.7. The summed E-state index contributed by atoms with van der Waals surface area (Å²) in [4.78, 5) is 96.4. The molecule has 75 heavy (non-hydrogen) atoms. The Morgan fingerprint density at radius 2 is 1.17 bits per heavy atom. The van der Waals surface area contributed by atoms with Crippen LogP contribution in [0.15, 0.2) is 78.9 Å². The topological polar surface area (TPSA) is 218 Å². The number of imide groups is 2. The number of amides is 7. The molecule has 0 spiro atoms. The minimum atomic E-state index is -3.05. The van der Waals surface area contributed by atoms with Crippen LogP contribution >= 0.6 is 0 Å². The van der Waals surface area contributed by atoms with Crippen LogP contribution in [0.1, 0.15) is 112 Å². The summed E-state index contributed by atoms with van der Waals surface area (Å²) in [5, 5.41) is 4.69. The first-order chi connectivity index (χ1) is 36.0. The molecule has 6 aliphatic rings. The quantitative estimate of drug-likeness (QED) is 0.150. The van der Waals surface area contributed by atoms with E-state index in [-0.39, 0.29) is 80.2 Å². The molecule has 2 atom stereocenters. The van der Waals surface area contributed by atoms with Gasteiger partial charge in [0, 0.05) is 74.2 Å². The van der Waals surface area contributed by atoms with Crippen LogP contribution in [0.2, 0.25) is 0 Å². The van der Waals surface area contributed by atoms with E-state index in [0.717, 1.165) is 47.1 Å². The minimum absolute atomic E-state index is 0.113. The highest BCUT2D eigenvalue weighted by Gasteiger charge is 2.42. The largest absolute Gasteiger partial charge is 0.489 e. The fourth-order valence-corrected chi connectivity index (χ4v) is 12.4. The standard InChI is InChI=1S/C56H62N6O12S/c1-56(2,29-40-28-38(30-59-23-25-75(70,71)26-24-59)13-14-39(40)34-73-48-8-4-6-42-44(48)32-62(54(42)68)46-16-18-50(64)58-52(46)66)74-55(69)60-21-19-36(20-22-60)27-35-9-11-37(12-10-35)33-72-47-7-3-5-41-43(47)31-61(53(41)67)45-15-17-49(63)57-51(45)65/h3-14,28,36,45-46H,15-27,29-34H2,1-2H3,(H,57,63,65)(H,58,64,66). The molecule has 394 valence electrons. The highest BCUT2D eigenvalue weighted by Crippen LogP contribution is 2.36. The van der Waals surface area contributed by atoms with Gasteiger partial charge in [-0.05, 0) is 104 Å². The third-order valence-corrected chi connectivity index (χ3v) is 17.0. The maximum atomic E-state index is 13.8. The number of sulfone groups is 1. The molecule has 4 fully saturated rings. The Kier molecular flexibility index (Phi) is 14.6. The van der Waals surface area contributed by atoms with Crippen molar-refractivity contribution in [2.24, 2.45) is 5.92 Å². The average Bonchev–Trinajstić information content (AvgIpc) is 3.90. The maximum Gasteiger partial charge on any atom is 0.410 e. The molecule has 2 unspecified atom stereocenters. The number of carbonyl (C=O) groups is 7. The summed E-state index contributed by atoms with van der Waals surface area (Å²) in [5.74, 6) is -0.473. The number of carbonyl (C=O) groups excluding carboxylic acids is 7. The Labute approximate surface area is 435 Å². The second-order valence-corrected chi connectivity index (χ2v) is 23.5. The summed E-state index contributed by atoms with van der Waals surface area (Å²) in [6.45, 7) is 7.17. The van der Waals surface area contributed by atoms with Gasteiger partial charge in [0.15, 0.2) is 9.84 Å². The summed E-state index contributed by atoms with van der Waals surface area (Å²) in [5.41, 5.74) is 6.30. The molecular formula is C56H62N6O12S. The molecule has 10 rings (SSSR count). The van der Waals surface area contributed by atoms with E-state index >= 15 is 0 Å². The molecule has 0 radical (unpaired) electrons. The lowest BCUT2D eigenvalue weighted by Gasteiger charge is -2.35. The van der Waals surface area contributed by atoms with E-state index in [4.69, 9.17) is 14.2 Å². The van der Waals surface area contributed by atoms with E-state index < -0.39 is 39.3 Å². The van der Waals surface area contributed by atoms with E-state index in [1.54, 1.807) is 35.2 Å². The van der Waals surface area contributed by atoms with E-state index in [1.165, 1.54) is 15.4 Å². The lowest BCUT2D eigenvalue weighted by Crippen LogP contribution is -2.52. The van der Waals surface area contributed by atoms with E-state index in [1.807, 2.05) is 44.2 Å². The molecule has 6 heterocycles.